The van der Waals surface area contributed by atoms with Crippen molar-refractivity contribution in [2.75, 3.05) is 13.7 Å². The molecule has 114 valence electrons. The van der Waals surface area contributed by atoms with Gasteiger partial charge in [0.25, 0.3) is 5.91 Å². The van der Waals surface area contributed by atoms with Gasteiger partial charge in [0.05, 0.1) is 12.7 Å². The Morgan fingerprint density at radius 2 is 1.67 bits per heavy atom. The Kier molecular flexibility index (Phi) is 5.37. The maximum absolute atomic E-state index is 12.1. The predicted octanol–water partition coefficient (Wildman–Crippen LogP) is 3.03. The topological polar surface area (TPSA) is 55.4 Å². The van der Waals surface area contributed by atoms with Crippen LogP contribution < -0.4 is 5.32 Å². The van der Waals surface area contributed by atoms with Crippen molar-refractivity contribution >= 4 is 11.9 Å². The van der Waals surface area contributed by atoms with Crippen molar-refractivity contribution in [3.63, 3.8) is 0 Å². The minimum Gasteiger partial charge on any atom is -0.465 e. The number of rotatable bonds is 4. The first-order valence-electron chi connectivity index (χ1n) is 7.56. The molecule has 1 N–H and O–H groups in total. The van der Waals surface area contributed by atoms with Crippen molar-refractivity contribution in [2.45, 2.75) is 32.6 Å². The maximum atomic E-state index is 12.1. The Hall–Kier alpha value is -1.84. The molecule has 0 bridgehead atoms. The number of benzene rings is 1. The fourth-order valence-corrected chi connectivity index (χ4v) is 2.75. The Labute approximate surface area is 125 Å². The van der Waals surface area contributed by atoms with E-state index in [1.54, 1.807) is 24.3 Å². The lowest BCUT2D eigenvalue weighted by Gasteiger charge is -2.26. The van der Waals surface area contributed by atoms with Gasteiger partial charge in [-0.05, 0) is 48.9 Å². The summed E-state index contributed by atoms with van der Waals surface area (Å²) in [6.07, 6.45) is 4.91. The number of amides is 1. The standard InChI is InChI=1S/C17H23NO3/c1-12-3-5-13(6-4-12)11-18-16(19)14-7-9-15(10-8-14)17(20)21-2/h7-10,12-13H,3-6,11H2,1-2H3,(H,18,19). The predicted molar refractivity (Wildman–Crippen MR) is 81.2 cm³/mol. The van der Waals surface area contributed by atoms with Crippen LogP contribution in [0.4, 0.5) is 0 Å². The smallest absolute Gasteiger partial charge is 0.337 e. The normalized spacial score (nSPS) is 21.6. The molecule has 0 saturated heterocycles. The zero-order valence-corrected chi connectivity index (χ0v) is 12.7. The number of ether oxygens (including phenoxy) is 1. The lowest BCUT2D eigenvalue weighted by atomic mass is 9.83. The summed E-state index contributed by atoms with van der Waals surface area (Å²) >= 11 is 0. The SMILES string of the molecule is COC(=O)c1ccc(C(=O)NCC2CCC(C)CC2)cc1. The molecule has 0 radical (unpaired) electrons. The maximum Gasteiger partial charge on any atom is 0.337 e. The van der Waals surface area contributed by atoms with Crippen LogP contribution in [0, 0.1) is 11.8 Å². The summed E-state index contributed by atoms with van der Waals surface area (Å²) in [5.74, 6) is 0.950. The van der Waals surface area contributed by atoms with Gasteiger partial charge in [-0.3, -0.25) is 4.79 Å². The second kappa shape index (κ2) is 7.25. The van der Waals surface area contributed by atoms with Crippen LogP contribution in [0.3, 0.4) is 0 Å². The zero-order valence-electron chi connectivity index (χ0n) is 12.7. The summed E-state index contributed by atoms with van der Waals surface area (Å²) in [6, 6.07) is 6.54. The number of hydrogen-bond acceptors (Lipinski definition) is 3. The minimum absolute atomic E-state index is 0.0787. The molecule has 0 heterocycles. The molecule has 1 aromatic carbocycles. The molecule has 1 aliphatic carbocycles. The number of carbonyl (C=O) groups is 2. The Balaban J connectivity index is 1.84. The van der Waals surface area contributed by atoms with Crippen LogP contribution in [0.5, 0.6) is 0 Å². The molecule has 1 fully saturated rings. The summed E-state index contributed by atoms with van der Waals surface area (Å²) in [5, 5.41) is 2.99. The van der Waals surface area contributed by atoms with E-state index in [0.717, 1.165) is 12.5 Å². The number of esters is 1. The first-order valence-corrected chi connectivity index (χ1v) is 7.56. The van der Waals surface area contributed by atoms with E-state index < -0.39 is 5.97 Å². The number of hydrogen-bond donors (Lipinski definition) is 1. The van der Waals surface area contributed by atoms with Gasteiger partial charge < -0.3 is 10.1 Å². The van der Waals surface area contributed by atoms with E-state index in [0.29, 0.717) is 17.0 Å². The molecule has 0 unspecified atom stereocenters. The zero-order chi connectivity index (χ0) is 15.2. The van der Waals surface area contributed by atoms with Crippen LogP contribution in [0.25, 0.3) is 0 Å². The highest BCUT2D eigenvalue weighted by Crippen LogP contribution is 2.27. The summed E-state index contributed by atoms with van der Waals surface area (Å²) < 4.78 is 4.63. The van der Waals surface area contributed by atoms with Crippen molar-refractivity contribution in [1.29, 1.82) is 0 Å². The van der Waals surface area contributed by atoms with E-state index in [2.05, 4.69) is 17.0 Å². The molecule has 1 aromatic rings. The molecular formula is C17H23NO3. The molecule has 0 aliphatic heterocycles. The molecule has 0 spiro atoms. The molecule has 1 aliphatic rings. The molecule has 0 atom stereocenters. The fourth-order valence-electron chi connectivity index (χ4n) is 2.75. The largest absolute Gasteiger partial charge is 0.465 e. The van der Waals surface area contributed by atoms with Crippen LogP contribution >= 0.6 is 0 Å². The van der Waals surface area contributed by atoms with Crippen LogP contribution in [-0.2, 0) is 4.74 Å². The van der Waals surface area contributed by atoms with Crippen molar-refractivity contribution in [3.8, 4) is 0 Å². The van der Waals surface area contributed by atoms with Gasteiger partial charge >= 0.3 is 5.97 Å². The van der Waals surface area contributed by atoms with Crippen molar-refractivity contribution in [3.05, 3.63) is 35.4 Å². The Bertz CT molecular complexity index is 487. The minimum atomic E-state index is -0.390. The van der Waals surface area contributed by atoms with Gasteiger partial charge in [0.15, 0.2) is 0 Å². The number of methoxy groups -OCH3 is 1. The van der Waals surface area contributed by atoms with Crippen molar-refractivity contribution < 1.29 is 14.3 Å². The van der Waals surface area contributed by atoms with Gasteiger partial charge in [-0.1, -0.05) is 19.8 Å². The second-order valence-electron chi connectivity index (χ2n) is 5.90. The van der Waals surface area contributed by atoms with Gasteiger partial charge in [-0.15, -0.1) is 0 Å². The number of nitrogens with one attached hydrogen (secondary N) is 1. The van der Waals surface area contributed by atoms with E-state index in [1.807, 2.05) is 0 Å². The van der Waals surface area contributed by atoms with Crippen LogP contribution in [0.2, 0.25) is 0 Å². The van der Waals surface area contributed by atoms with Gasteiger partial charge in [0, 0.05) is 12.1 Å². The first kappa shape index (κ1) is 15.5. The molecule has 2 rings (SSSR count). The monoisotopic (exact) mass is 289 g/mol. The van der Waals surface area contributed by atoms with Crippen LogP contribution in [0.15, 0.2) is 24.3 Å². The van der Waals surface area contributed by atoms with Gasteiger partial charge in [-0.25, -0.2) is 4.79 Å². The average Bonchev–Trinajstić information content (AvgIpc) is 2.53. The van der Waals surface area contributed by atoms with Crippen molar-refractivity contribution in [2.24, 2.45) is 11.8 Å². The summed E-state index contributed by atoms with van der Waals surface area (Å²) in [5.41, 5.74) is 1.03. The van der Waals surface area contributed by atoms with Gasteiger partial charge in [0.1, 0.15) is 0 Å². The molecule has 1 saturated carbocycles. The third-order valence-corrected chi connectivity index (χ3v) is 4.25. The van der Waals surface area contributed by atoms with Gasteiger partial charge in [-0.2, -0.15) is 0 Å². The van der Waals surface area contributed by atoms with E-state index in [9.17, 15) is 9.59 Å². The lowest BCUT2D eigenvalue weighted by Crippen LogP contribution is -2.31. The highest BCUT2D eigenvalue weighted by molar-refractivity contribution is 5.96. The quantitative estimate of drug-likeness (QED) is 0.867. The molecular weight excluding hydrogens is 266 g/mol. The summed E-state index contributed by atoms with van der Waals surface area (Å²) in [4.78, 5) is 23.4. The lowest BCUT2D eigenvalue weighted by molar-refractivity contribution is 0.0600. The third-order valence-electron chi connectivity index (χ3n) is 4.25. The average molecular weight is 289 g/mol. The third kappa shape index (κ3) is 4.31. The Morgan fingerprint density at radius 3 is 2.24 bits per heavy atom. The second-order valence-corrected chi connectivity index (χ2v) is 5.90. The highest BCUT2D eigenvalue weighted by atomic mass is 16.5. The molecule has 0 aromatic heterocycles. The number of carbonyl (C=O) groups excluding carboxylic acids is 2. The van der Waals surface area contributed by atoms with Gasteiger partial charge in [0.2, 0.25) is 0 Å². The van der Waals surface area contributed by atoms with E-state index in [1.165, 1.54) is 32.8 Å². The summed E-state index contributed by atoms with van der Waals surface area (Å²) in [7, 11) is 1.34. The first-order chi connectivity index (χ1) is 10.1. The molecule has 1 amide bonds. The summed E-state index contributed by atoms with van der Waals surface area (Å²) in [6.45, 7) is 3.03. The van der Waals surface area contributed by atoms with Crippen LogP contribution in [-0.4, -0.2) is 25.5 Å². The van der Waals surface area contributed by atoms with E-state index in [4.69, 9.17) is 0 Å². The fraction of sp³-hybridized carbons (Fsp3) is 0.529. The molecule has 21 heavy (non-hydrogen) atoms. The highest BCUT2D eigenvalue weighted by Gasteiger charge is 2.19. The van der Waals surface area contributed by atoms with E-state index >= 15 is 0 Å². The van der Waals surface area contributed by atoms with E-state index in [-0.39, 0.29) is 5.91 Å². The molecule has 4 heteroatoms. The van der Waals surface area contributed by atoms with Crippen LogP contribution in [0.1, 0.15) is 53.3 Å². The van der Waals surface area contributed by atoms with Crippen molar-refractivity contribution in [1.82, 2.24) is 5.32 Å². The molecule has 4 nitrogen and oxygen atoms in total. The Morgan fingerprint density at radius 1 is 1.10 bits per heavy atom.